The fourth-order valence-corrected chi connectivity index (χ4v) is 9.38. The highest BCUT2D eigenvalue weighted by Crippen LogP contribution is 2.54. The molecule has 0 bridgehead atoms. The van der Waals surface area contributed by atoms with Crippen molar-refractivity contribution in [3.05, 3.63) is 173 Å². The van der Waals surface area contributed by atoms with Crippen molar-refractivity contribution in [3.63, 3.8) is 0 Å². The van der Waals surface area contributed by atoms with Crippen LogP contribution in [-0.4, -0.2) is 6.71 Å². The molecule has 3 aliphatic heterocycles. The minimum Gasteiger partial charge on any atom is -0.311 e. The maximum atomic E-state index is 15.6. The van der Waals surface area contributed by atoms with Gasteiger partial charge in [-0.15, -0.1) is 0 Å². The van der Waals surface area contributed by atoms with Crippen molar-refractivity contribution in [2.24, 2.45) is 0 Å². The first-order chi connectivity index (χ1) is 27.6. The molecule has 0 saturated heterocycles. The van der Waals surface area contributed by atoms with E-state index in [0.717, 1.165) is 78.3 Å². The predicted molar refractivity (Wildman–Crippen MR) is 227 cm³/mol. The molecule has 55 heavy (non-hydrogen) atoms. The van der Waals surface area contributed by atoms with E-state index in [1.165, 1.54) is 18.2 Å². The second kappa shape index (κ2) is 11.8. The van der Waals surface area contributed by atoms with Gasteiger partial charge in [-0.05, 0) is 111 Å². The Morgan fingerprint density at radius 3 is 2.00 bits per heavy atom. The van der Waals surface area contributed by atoms with Crippen LogP contribution in [0.1, 0.15) is 61.0 Å². The summed E-state index contributed by atoms with van der Waals surface area (Å²) in [6.07, 6.45) is 0. The average molecular weight is 722 g/mol. The number of hydrogen-bond acceptors (Lipinski definition) is 2. The molecule has 3 aliphatic rings. The molecule has 0 unspecified atom stereocenters. The van der Waals surface area contributed by atoms with Gasteiger partial charge in [0.2, 0.25) is 0 Å². The molecule has 0 radical (unpaired) electrons. The second-order valence-electron chi connectivity index (χ2n) is 16.6. The Labute approximate surface area is 327 Å². The zero-order chi connectivity index (χ0) is 40.5. The number of benzene rings is 7. The summed E-state index contributed by atoms with van der Waals surface area (Å²) < 4.78 is 57.8. The summed E-state index contributed by atoms with van der Waals surface area (Å²) in [6, 6.07) is 44.9. The number of rotatable bonds is 3. The molecule has 5 heteroatoms. The number of hydrogen-bond donors (Lipinski definition) is 0. The molecule has 0 fully saturated rings. The molecular weight excluding hydrogens is 677 g/mol. The van der Waals surface area contributed by atoms with Crippen molar-refractivity contribution < 1.29 is 12.9 Å². The third kappa shape index (κ3) is 4.85. The van der Waals surface area contributed by atoms with Gasteiger partial charge in [-0.2, -0.15) is 0 Å². The molecule has 0 amide bonds. The van der Waals surface area contributed by atoms with Crippen LogP contribution in [0.3, 0.4) is 0 Å². The molecule has 7 aromatic carbocycles. The molecule has 2 nitrogen and oxygen atoms in total. The Balaban J connectivity index is 1.36. The van der Waals surface area contributed by atoms with Crippen LogP contribution in [0.5, 0.6) is 0 Å². The monoisotopic (exact) mass is 721 g/mol. The van der Waals surface area contributed by atoms with Gasteiger partial charge in [0.1, 0.15) is 11.6 Å². The van der Waals surface area contributed by atoms with Crippen LogP contribution < -0.4 is 26.2 Å². The zero-order valence-electron chi connectivity index (χ0n) is 34.5. The van der Waals surface area contributed by atoms with Gasteiger partial charge in [-0.25, -0.2) is 8.78 Å². The fraction of sp³-hybridized carbons (Fsp3) is 0.160. The summed E-state index contributed by atoms with van der Waals surface area (Å²) in [6.45, 7) is 8.24. The Morgan fingerprint density at radius 1 is 0.582 bits per heavy atom. The maximum absolute atomic E-state index is 15.6. The van der Waals surface area contributed by atoms with Crippen LogP contribution in [0.2, 0.25) is 0 Å². The molecule has 3 heterocycles. The normalized spacial score (nSPS) is 15.6. The van der Waals surface area contributed by atoms with E-state index in [-0.39, 0.29) is 22.0 Å². The maximum Gasteiger partial charge on any atom is 0.252 e. The Hall–Kier alpha value is -5.94. The molecule has 0 aromatic heterocycles. The predicted octanol–water partition coefficient (Wildman–Crippen LogP) is 11.6. The summed E-state index contributed by atoms with van der Waals surface area (Å²) in [5, 5.41) is 0. The number of aryl methyl sites for hydroxylation is 1. The lowest BCUT2D eigenvalue weighted by molar-refractivity contribution is 0.589. The quantitative estimate of drug-likeness (QED) is 0.168. The average Bonchev–Trinajstić information content (AvgIpc) is 3.19. The van der Waals surface area contributed by atoms with E-state index in [1.807, 2.05) is 48.5 Å². The largest absolute Gasteiger partial charge is 0.311 e. The molecule has 0 saturated carbocycles. The summed E-state index contributed by atoms with van der Waals surface area (Å²) >= 11 is 0. The summed E-state index contributed by atoms with van der Waals surface area (Å²) in [7, 11) is 0. The van der Waals surface area contributed by atoms with Gasteiger partial charge < -0.3 is 9.80 Å². The van der Waals surface area contributed by atoms with Gasteiger partial charge in [-0.1, -0.05) is 126 Å². The van der Waals surface area contributed by atoms with Crippen molar-refractivity contribution in [2.45, 2.75) is 52.3 Å². The first kappa shape index (κ1) is 30.4. The third-order valence-electron chi connectivity index (χ3n) is 12.0. The van der Waals surface area contributed by atoms with E-state index < -0.39 is 25.2 Å². The summed E-state index contributed by atoms with van der Waals surface area (Å²) in [5.74, 6) is -1.27. The van der Waals surface area contributed by atoms with Crippen LogP contribution >= 0.6 is 0 Å². The van der Waals surface area contributed by atoms with Crippen molar-refractivity contribution in [3.8, 4) is 22.3 Å². The molecule has 0 aliphatic carbocycles. The number of fused-ring (bicyclic) bond motifs is 6. The Morgan fingerprint density at radius 2 is 1.25 bits per heavy atom. The SMILES string of the molecule is [2H]C([2H])([2H])c1cc2c3c(c1)N1c4ccccc4C(C)(C)c4cccc(c41)B3c1cc(-c3c(F)cccc3F)ccc1N2c1ccc(C(C)(C)C)cc1-c1ccccc1. The highest BCUT2D eigenvalue weighted by Gasteiger charge is 2.48. The number of halogens is 2. The van der Waals surface area contributed by atoms with Gasteiger partial charge in [0.25, 0.3) is 6.71 Å². The number of anilines is 6. The van der Waals surface area contributed by atoms with E-state index in [9.17, 15) is 0 Å². The molecule has 0 spiro atoms. The molecule has 10 rings (SSSR count). The smallest absolute Gasteiger partial charge is 0.252 e. The van der Waals surface area contributed by atoms with E-state index in [0.29, 0.717) is 5.56 Å². The van der Waals surface area contributed by atoms with E-state index in [4.69, 9.17) is 4.11 Å². The topological polar surface area (TPSA) is 6.48 Å². The lowest BCUT2D eigenvalue weighted by Crippen LogP contribution is -2.62. The zero-order valence-corrected chi connectivity index (χ0v) is 31.5. The minimum atomic E-state index is -2.42. The van der Waals surface area contributed by atoms with Gasteiger partial charge in [0.05, 0.1) is 16.9 Å². The first-order valence-corrected chi connectivity index (χ1v) is 18.9. The molecule has 7 aromatic rings. The molecule has 0 N–H and O–H groups in total. The van der Waals surface area contributed by atoms with Crippen molar-refractivity contribution in [1.29, 1.82) is 0 Å². The first-order valence-electron chi connectivity index (χ1n) is 20.4. The van der Waals surface area contributed by atoms with E-state index in [1.54, 1.807) is 6.07 Å². The second-order valence-corrected chi connectivity index (χ2v) is 16.6. The lowest BCUT2D eigenvalue weighted by atomic mass is 9.33. The highest BCUT2D eigenvalue weighted by atomic mass is 19.1. The summed E-state index contributed by atoms with van der Waals surface area (Å²) in [4.78, 5) is 4.45. The molecule has 0 atom stereocenters. The van der Waals surface area contributed by atoms with Crippen LogP contribution in [0, 0.1) is 18.5 Å². The number of para-hydroxylation sites is 2. The van der Waals surface area contributed by atoms with Crippen molar-refractivity contribution in [1.82, 2.24) is 0 Å². The van der Waals surface area contributed by atoms with Gasteiger partial charge >= 0.3 is 0 Å². The summed E-state index contributed by atoms with van der Waals surface area (Å²) in [5.41, 5.74) is 13.6. The Bertz CT molecular complexity index is 2820. The standard InChI is InChI=1S/C50H41BF2N2/c1-30-26-44-47-45(27-30)55-42-21-11-10-16-35(42)50(5,6)36-17-12-18-37(48(36)55)51(47)38-28-32(46-39(52)19-13-20-40(46)53)22-24-43(38)54(44)41-25-23-33(49(2,3)4)29-34(41)31-14-8-7-9-15-31/h7-29H,1-6H3/i1D3. The van der Waals surface area contributed by atoms with Crippen molar-refractivity contribution >= 4 is 57.2 Å². The van der Waals surface area contributed by atoms with Gasteiger partial charge in [-0.3, -0.25) is 0 Å². The lowest BCUT2D eigenvalue weighted by Gasteiger charge is -2.49. The third-order valence-corrected chi connectivity index (χ3v) is 12.0. The molecular formula is C50H41BF2N2. The fourth-order valence-electron chi connectivity index (χ4n) is 9.38. The Kier molecular flexibility index (Phi) is 6.51. The number of nitrogens with zero attached hydrogens (tertiary/aromatic N) is 2. The molecule has 268 valence electrons. The van der Waals surface area contributed by atoms with Crippen molar-refractivity contribution in [2.75, 3.05) is 9.80 Å². The van der Waals surface area contributed by atoms with Crippen LogP contribution in [-0.2, 0) is 10.8 Å². The van der Waals surface area contributed by atoms with E-state index in [2.05, 4.69) is 111 Å². The highest BCUT2D eigenvalue weighted by molar-refractivity contribution is 7.00. The van der Waals surface area contributed by atoms with Crippen LogP contribution in [0.25, 0.3) is 22.3 Å². The van der Waals surface area contributed by atoms with Crippen LogP contribution in [0.4, 0.5) is 42.9 Å². The van der Waals surface area contributed by atoms with E-state index >= 15 is 8.78 Å². The van der Waals surface area contributed by atoms with Gasteiger partial charge in [0, 0.05) is 37.8 Å². The minimum absolute atomic E-state index is 0.0808. The van der Waals surface area contributed by atoms with Crippen LogP contribution in [0.15, 0.2) is 140 Å². The van der Waals surface area contributed by atoms with Gasteiger partial charge in [0.15, 0.2) is 0 Å².